The summed E-state index contributed by atoms with van der Waals surface area (Å²) in [5.41, 5.74) is -5.81. The van der Waals surface area contributed by atoms with Crippen LogP contribution in [-0.4, -0.2) is 17.3 Å². The third-order valence-corrected chi connectivity index (χ3v) is 3.37. The van der Waals surface area contributed by atoms with Crippen LogP contribution in [-0.2, 0) is 4.79 Å². The molecule has 7 heteroatoms. The lowest BCUT2D eigenvalue weighted by molar-refractivity contribution is -0.114. The first-order chi connectivity index (χ1) is 9.84. The van der Waals surface area contributed by atoms with Crippen molar-refractivity contribution in [2.45, 2.75) is 6.42 Å². The number of carbonyl (C=O) groups is 3. The minimum absolute atomic E-state index is 0.707. The highest BCUT2D eigenvalue weighted by atomic mass is 16.2. The van der Waals surface area contributed by atoms with Gasteiger partial charge in [-0.15, -0.1) is 0 Å². The number of ketones is 3. The van der Waals surface area contributed by atoms with E-state index in [-0.39, 0.29) is 0 Å². The summed E-state index contributed by atoms with van der Waals surface area (Å²) in [4.78, 5) is 82.7. The van der Waals surface area contributed by atoms with Gasteiger partial charge in [0.15, 0.2) is 16.6 Å². The van der Waals surface area contributed by atoms with Crippen molar-refractivity contribution in [3.8, 4) is 0 Å². The Hall–Kier alpha value is -3.09. The van der Waals surface area contributed by atoms with Crippen molar-refractivity contribution >= 4 is 17.3 Å². The lowest BCUT2D eigenvalue weighted by Crippen LogP contribution is -2.41. The lowest BCUT2D eigenvalue weighted by atomic mass is 9.86. The molecule has 3 aliphatic rings. The summed E-state index contributed by atoms with van der Waals surface area (Å²) < 4.78 is 0. The fourth-order valence-corrected chi connectivity index (χ4v) is 2.43. The molecule has 0 N–H and O–H groups in total. The van der Waals surface area contributed by atoms with Crippen molar-refractivity contribution < 1.29 is 14.4 Å². The van der Waals surface area contributed by atoms with Crippen LogP contribution in [0.4, 0.5) is 0 Å². The van der Waals surface area contributed by atoms with E-state index in [2.05, 4.69) is 0 Å². The highest BCUT2D eigenvalue weighted by molar-refractivity contribution is 6.50. The summed E-state index contributed by atoms with van der Waals surface area (Å²) in [6, 6.07) is 1.62. The number of carbonyl (C=O) groups excluding carboxylic acids is 3. The van der Waals surface area contributed by atoms with Crippen molar-refractivity contribution in [3.05, 3.63) is 74.6 Å². The van der Waals surface area contributed by atoms with Crippen LogP contribution in [0.3, 0.4) is 0 Å². The summed E-state index contributed by atoms with van der Waals surface area (Å²) in [6.45, 7) is 0. The maximum Gasteiger partial charge on any atom is 0.233 e. The smallest absolute Gasteiger partial charge is 0.233 e. The molecular formula is C14H4O7. The Morgan fingerprint density at radius 3 is 1.62 bits per heavy atom. The Morgan fingerprint density at radius 2 is 1.10 bits per heavy atom. The molecule has 0 spiro atoms. The maximum atomic E-state index is 12.2. The van der Waals surface area contributed by atoms with Gasteiger partial charge in [-0.25, -0.2) is 0 Å². The van der Waals surface area contributed by atoms with E-state index in [0.717, 1.165) is 12.1 Å². The van der Waals surface area contributed by atoms with E-state index < -0.39 is 67.0 Å². The number of hydrogen-bond acceptors (Lipinski definition) is 7. The van der Waals surface area contributed by atoms with Gasteiger partial charge < -0.3 is 0 Å². The zero-order valence-corrected chi connectivity index (χ0v) is 10.2. The number of rotatable bonds is 0. The van der Waals surface area contributed by atoms with Crippen LogP contribution in [0, 0.1) is 10.4 Å². The normalized spacial score (nSPS) is 14.6. The molecular weight excluding hydrogens is 280 g/mol. The van der Waals surface area contributed by atoms with Crippen LogP contribution >= 0.6 is 0 Å². The van der Waals surface area contributed by atoms with E-state index in [1.165, 1.54) is 0 Å². The average Bonchev–Trinajstić information content (AvgIpc) is 2.42. The molecule has 0 atom stereocenters. The molecule has 0 saturated heterocycles. The summed E-state index contributed by atoms with van der Waals surface area (Å²) in [6.07, 6.45) is -0.822. The number of Topliss-reactive ketones (excluding diaryl/α,β-unsaturated/α-hetero) is 3. The van der Waals surface area contributed by atoms with E-state index in [4.69, 9.17) is 0 Å². The zero-order chi connectivity index (χ0) is 15.5. The molecule has 0 radical (unpaired) electrons. The standard InChI is InChI=1S/C14H4O7/c15-4-1-2-5(16)9-8(4)13(20)10-6(17)3-7(18)12(19)11(10)14(9)21/h1-2H,3H2. The highest BCUT2D eigenvalue weighted by Crippen LogP contribution is 2.12. The Labute approximate surface area is 113 Å². The van der Waals surface area contributed by atoms with E-state index in [1.807, 2.05) is 0 Å². The molecule has 7 nitrogen and oxygen atoms in total. The minimum atomic E-state index is -1.27. The quantitative estimate of drug-likeness (QED) is 0.408. The van der Waals surface area contributed by atoms with E-state index in [0.29, 0.717) is 0 Å². The van der Waals surface area contributed by atoms with Crippen molar-refractivity contribution in [1.29, 1.82) is 0 Å². The van der Waals surface area contributed by atoms with Gasteiger partial charge >= 0.3 is 0 Å². The van der Waals surface area contributed by atoms with Gasteiger partial charge in [0.2, 0.25) is 22.4 Å². The lowest BCUT2D eigenvalue weighted by Gasteiger charge is -2.10. The molecule has 0 heterocycles. The van der Waals surface area contributed by atoms with Gasteiger partial charge in [-0.05, 0) is 12.1 Å². The molecule has 0 fully saturated rings. The number of hydrogen-bond donors (Lipinski definition) is 0. The first kappa shape index (κ1) is 12.9. The van der Waals surface area contributed by atoms with Crippen molar-refractivity contribution in [2.75, 3.05) is 0 Å². The van der Waals surface area contributed by atoms with Crippen molar-refractivity contribution in [3.63, 3.8) is 0 Å². The van der Waals surface area contributed by atoms with Gasteiger partial charge in [-0.3, -0.25) is 33.6 Å². The molecule has 0 aromatic heterocycles. The predicted molar refractivity (Wildman–Crippen MR) is 67.5 cm³/mol. The largest absolute Gasteiger partial charge is 0.293 e. The van der Waals surface area contributed by atoms with Crippen LogP contribution < -0.4 is 21.7 Å². The molecule has 0 bridgehead atoms. The number of fused-ring (bicyclic) bond motifs is 1. The third kappa shape index (κ3) is 1.51. The first-order valence-corrected chi connectivity index (χ1v) is 5.80. The van der Waals surface area contributed by atoms with Gasteiger partial charge in [0.05, 0.1) is 28.0 Å². The topological polar surface area (TPSA) is 119 Å². The second-order valence-electron chi connectivity index (χ2n) is 4.57. The molecule has 3 rings (SSSR count). The van der Waals surface area contributed by atoms with E-state index in [9.17, 15) is 33.6 Å². The Morgan fingerprint density at radius 1 is 0.619 bits per heavy atom. The minimum Gasteiger partial charge on any atom is -0.293 e. The summed E-state index contributed by atoms with van der Waals surface area (Å²) >= 11 is 0. The van der Waals surface area contributed by atoms with Crippen LogP contribution in [0.25, 0.3) is 0 Å². The predicted octanol–water partition coefficient (Wildman–Crippen LogP) is -1.93. The molecule has 0 amide bonds. The maximum absolute atomic E-state index is 12.2. The second kappa shape index (κ2) is 3.95. The van der Waals surface area contributed by atoms with Gasteiger partial charge in [0.25, 0.3) is 0 Å². The zero-order valence-electron chi connectivity index (χ0n) is 10.2. The van der Waals surface area contributed by atoms with E-state index in [1.54, 1.807) is 0 Å². The molecule has 0 saturated carbocycles. The summed E-state index contributed by atoms with van der Waals surface area (Å²) in [5, 5.41) is -1.45. The fraction of sp³-hybridized carbons (Fsp3) is 0.0714. The fourth-order valence-electron chi connectivity index (χ4n) is 2.43. The molecule has 0 unspecified atom stereocenters. The van der Waals surface area contributed by atoms with Crippen LogP contribution in [0.2, 0.25) is 0 Å². The first-order valence-electron chi connectivity index (χ1n) is 5.80. The molecule has 21 heavy (non-hydrogen) atoms. The van der Waals surface area contributed by atoms with E-state index >= 15 is 0 Å². The highest BCUT2D eigenvalue weighted by Gasteiger charge is 2.36. The molecule has 0 aliphatic heterocycles. The SMILES string of the molecule is O=C1CC(=O)c2c(c(=O)c3c(=O)ccc(=O)c=3c2=O)C1=O. The van der Waals surface area contributed by atoms with Crippen LogP contribution in [0.1, 0.15) is 27.1 Å². The molecule has 3 aliphatic carbocycles. The average molecular weight is 284 g/mol. The van der Waals surface area contributed by atoms with Gasteiger partial charge in [0.1, 0.15) is 0 Å². The summed E-state index contributed by atoms with van der Waals surface area (Å²) in [5.74, 6) is -3.38. The Bertz CT molecular complexity index is 1130. The van der Waals surface area contributed by atoms with Gasteiger partial charge in [-0.1, -0.05) is 0 Å². The van der Waals surface area contributed by atoms with Crippen LogP contribution in [0.15, 0.2) is 31.3 Å². The monoisotopic (exact) mass is 284 g/mol. The molecule has 0 aromatic rings. The van der Waals surface area contributed by atoms with Gasteiger partial charge in [-0.2, -0.15) is 0 Å². The Kier molecular flexibility index (Phi) is 2.43. The third-order valence-electron chi connectivity index (χ3n) is 3.37. The van der Waals surface area contributed by atoms with Crippen LogP contribution in [0.5, 0.6) is 0 Å². The summed E-state index contributed by atoms with van der Waals surface area (Å²) in [7, 11) is 0. The van der Waals surface area contributed by atoms with Gasteiger partial charge in [0, 0.05) is 0 Å². The van der Waals surface area contributed by atoms with Crippen molar-refractivity contribution in [2.24, 2.45) is 0 Å². The van der Waals surface area contributed by atoms with Crippen molar-refractivity contribution in [1.82, 2.24) is 0 Å². The Balaban J connectivity index is 2.83. The second-order valence-corrected chi connectivity index (χ2v) is 4.57. The molecule has 0 aromatic carbocycles. The molecule has 102 valence electrons.